The Morgan fingerprint density at radius 3 is 1.89 bits per heavy atom. The van der Waals surface area contributed by atoms with Crippen LogP contribution >= 0.6 is 0 Å². The molecule has 0 saturated carbocycles. The number of halogens is 6. The number of carbonyl (C=O) groups excluding carboxylic acids is 1. The minimum Gasteiger partial charge on any atom is -0.394 e. The van der Waals surface area contributed by atoms with Crippen molar-refractivity contribution < 1.29 is 31.1 Å². The number of benzene rings is 1. The van der Waals surface area contributed by atoms with Crippen LogP contribution in [0.3, 0.4) is 0 Å². The fourth-order valence-corrected chi connectivity index (χ4v) is 1.13. The van der Waals surface area contributed by atoms with E-state index in [0.29, 0.717) is 0 Å². The number of hydrogen-bond donors (Lipinski definition) is 1. The molecule has 0 aliphatic heterocycles. The lowest BCUT2D eigenvalue weighted by atomic mass is 10.1. The second-order valence-corrected chi connectivity index (χ2v) is 3.49. The summed E-state index contributed by atoms with van der Waals surface area (Å²) in [6.45, 7) is 0. The highest BCUT2D eigenvalue weighted by Gasteiger charge is 2.61. The molecule has 104 valence electrons. The third-order valence-electron chi connectivity index (χ3n) is 2.17. The minimum absolute atomic E-state index is 0.388. The van der Waals surface area contributed by atoms with Gasteiger partial charge in [-0.15, -0.1) is 0 Å². The van der Waals surface area contributed by atoms with E-state index < -0.39 is 29.4 Å². The van der Waals surface area contributed by atoms with Crippen LogP contribution in [0.15, 0.2) is 41.9 Å². The predicted octanol–water partition coefficient (Wildman–Crippen LogP) is 3.21. The molecular formula is C11H7F6NO. The van der Waals surface area contributed by atoms with Gasteiger partial charge < -0.3 is 5.73 Å². The van der Waals surface area contributed by atoms with E-state index in [1.54, 1.807) is 0 Å². The molecule has 0 amide bonds. The van der Waals surface area contributed by atoms with Gasteiger partial charge in [0, 0.05) is 5.56 Å². The van der Waals surface area contributed by atoms with Gasteiger partial charge in [-0.3, -0.25) is 4.79 Å². The van der Waals surface area contributed by atoms with Gasteiger partial charge in [0.1, 0.15) is 5.70 Å². The maximum Gasteiger partial charge on any atom is 0.459 e. The molecule has 19 heavy (non-hydrogen) atoms. The molecule has 2 N–H and O–H groups in total. The molecule has 0 bridgehead atoms. The third kappa shape index (κ3) is 2.88. The van der Waals surface area contributed by atoms with E-state index in [4.69, 9.17) is 0 Å². The van der Waals surface area contributed by atoms with Crippen molar-refractivity contribution in [2.75, 3.05) is 0 Å². The van der Waals surface area contributed by atoms with Crippen LogP contribution < -0.4 is 5.73 Å². The largest absolute Gasteiger partial charge is 0.459 e. The van der Waals surface area contributed by atoms with Crippen molar-refractivity contribution in [1.82, 2.24) is 0 Å². The summed E-state index contributed by atoms with van der Waals surface area (Å²) < 4.78 is 74.7. The Hall–Kier alpha value is -1.99. The van der Waals surface area contributed by atoms with Crippen molar-refractivity contribution in [1.29, 1.82) is 0 Å². The van der Waals surface area contributed by atoms with E-state index in [1.165, 1.54) is 18.2 Å². The van der Waals surface area contributed by atoms with Gasteiger partial charge in [0.15, 0.2) is 5.83 Å². The van der Waals surface area contributed by atoms with Gasteiger partial charge in [-0.2, -0.15) is 22.0 Å². The zero-order valence-electron chi connectivity index (χ0n) is 9.14. The van der Waals surface area contributed by atoms with Gasteiger partial charge >= 0.3 is 12.1 Å². The molecule has 0 heterocycles. The van der Waals surface area contributed by atoms with E-state index in [2.05, 4.69) is 5.73 Å². The first kappa shape index (κ1) is 15.1. The summed E-state index contributed by atoms with van der Waals surface area (Å²) >= 11 is 0. The summed E-state index contributed by atoms with van der Waals surface area (Å²) in [6.07, 6.45) is -6.08. The summed E-state index contributed by atoms with van der Waals surface area (Å²) in [6, 6.07) is 6.14. The smallest absolute Gasteiger partial charge is 0.394 e. The van der Waals surface area contributed by atoms with Crippen LogP contribution in [-0.4, -0.2) is 17.9 Å². The molecule has 1 aromatic rings. The Kier molecular flexibility index (Phi) is 3.92. The Morgan fingerprint density at radius 1 is 1.00 bits per heavy atom. The number of alkyl halides is 5. The highest BCUT2D eigenvalue weighted by Crippen LogP contribution is 2.40. The summed E-state index contributed by atoms with van der Waals surface area (Å²) in [7, 11) is 0. The molecule has 0 fully saturated rings. The van der Waals surface area contributed by atoms with Gasteiger partial charge in [0.2, 0.25) is 5.78 Å². The minimum atomic E-state index is -6.08. The number of carbonyl (C=O) groups is 1. The second-order valence-electron chi connectivity index (χ2n) is 3.49. The summed E-state index contributed by atoms with van der Waals surface area (Å²) in [5.41, 5.74) is 1.60. The topological polar surface area (TPSA) is 43.1 Å². The average Bonchev–Trinajstić information content (AvgIpc) is 2.35. The summed E-state index contributed by atoms with van der Waals surface area (Å²) in [4.78, 5) is 11.3. The average molecular weight is 283 g/mol. The molecule has 1 rings (SSSR count). The molecule has 0 radical (unpaired) electrons. The molecular weight excluding hydrogens is 276 g/mol. The van der Waals surface area contributed by atoms with Gasteiger partial charge in [0.25, 0.3) is 0 Å². The van der Waals surface area contributed by atoms with Gasteiger partial charge in [-0.05, 0) is 0 Å². The van der Waals surface area contributed by atoms with Crippen molar-refractivity contribution >= 4 is 5.78 Å². The van der Waals surface area contributed by atoms with Crippen molar-refractivity contribution in [3.63, 3.8) is 0 Å². The lowest BCUT2D eigenvalue weighted by Crippen LogP contribution is -2.42. The Morgan fingerprint density at radius 2 is 1.47 bits per heavy atom. The fraction of sp³-hybridized carbons (Fsp3) is 0.182. The molecule has 0 spiro atoms. The molecule has 0 atom stereocenters. The van der Waals surface area contributed by atoms with Gasteiger partial charge in [-0.1, -0.05) is 30.3 Å². The summed E-state index contributed by atoms with van der Waals surface area (Å²) in [5.74, 6) is -9.57. The molecule has 8 heteroatoms. The Balaban J connectivity index is 3.21. The van der Waals surface area contributed by atoms with Crippen molar-refractivity contribution in [3.05, 3.63) is 47.4 Å². The number of Topliss-reactive ketones (excluding diaryl/α,β-unsaturated/α-hetero) is 1. The van der Waals surface area contributed by atoms with E-state index >= 15 is 0 Å². The maximum atomic E-state index is 13.3. The van der Waals surface area contributed by atoms with Crippen LogP contribution in [0.4, 0.5) is 26.3 Å². The van der Waals surface area contributed by atoms with E-state index in [9.17, 15) is 31.1 Å². The van der Waals surface area contributed by atoms with Crippen molar-refractivity contribution in [2.24, 2.45) is 5.73 Å². The van der Waals surface area contributed by atoms with Crippen LogP contribution in [-0.2, 0) is 0 Å². The molecule has 0 saturated heterocycles. The highest BCUT2D eigenvalue weighted by molar-refractivity contribution is 6.07. The normalized spacial score (nSPS) is 14.0. The van der Waals surface area contributed by atoms with E-state index in [0.717, 1.165) is 12.1 Å². The molecule has 0 aliphatic carbocycles. The SMILES string of the molecule is N/C(=C(/F)C(=O)c1ccccc1)C(F)(F)C(F)(F)F. The monoisotopic (exact) mass is 283 g/mol. The Bertz CT molecular complexity index is 506. The molecule has 2 nitrogen and oxygen atoms in total. The standard InChI is InChI=1S/C11H7F6NO/c12-7(8(19)6-4-2-1-3-5-6)9(18)10(13,14)11(15,16)17/h1-5H,18H2/b9-7+. The van der Waals surface area contributed by atoms with Crippen molar-refractivity contribution in [3.8, 4) is 0 Å². The summed E-state index contributed by atoms with van der Waals surface area (Å²) in [5, 5.41) is 0. The van der Waals surface area contributed by atoms with Crippen LogP contribution in [0, 0.1) is 0 Å². The number of allylic oxidation sites excluding steroid dienone is 2. The maximum absolute atomic E-state index is 13.3. The number of nitrogens with two attached hydrogens (primary N) is 1. The van der Waals surface area contributed by atoms with Gasteiger partial charge in [0.05, 0.1) is 0 Å². The van der Waals surface area contributed by atoms with Crippen molar-refractivity contribution in [2.45, 2.75) is 12.1 Å². The first-order chi connectivity index (χ1) is 8.59. The molecule has 0 aliphatic rings. The second kappa shape index (κ2) is 4.94. The van der Waals surface area contributed by atoms with Crippen LogP contribution in [0.2, 0.25) is 0 Å². The lowest BCUT2D eigenvalue weighted by Gasteiger charge is -2.20. The zero-order chi connectivity index (χ0) is 14.8. The number of ketones is 1. The Labute approximate surface area is 103 Å². The molecule has 1 aromatic carbocycles. The third-order valence-corrected chi connectivity index (χ3v) is 2.17. The van der Waals surface area contributed by atoms with Crippen LogP contribution in [0.25, 0.3) is 0 Å². The molecule has 0 unspecified atom stereocenters. The predicted molar refractivity (Wildman–Crippen MR) is 54.1 cm³/mol. The zero-order valence-corrected chi connectivity index (χ0v) is 9.14. The quantitative estimate of drug-likeness (QED) is 0.526. The van der Waals surface area contributed by atoms with E-state index in [1.807, 2.05) is 0 Å². The fourth-order valence-electron chi connectivity index (χ4n) is 1.13. The van der Waals surface area contributed by atoms with Crippen LogP contribution in [0.5, 0.6) is 0 Å². The number of rotatable bonds is 3. The lowest BCUT2D eigenvalue weighted by molar-refractivity contribution is -0.265. The number of hydrogen-bond acceptors (Lipinski definition) is 2. The van der Waals surface area contributed by atoms with Crippen LogP contribution in [0.1, 0.15) is 10.4 Å². The molecule has 0 aromatic heterocycles. The first-order valence-corrected chi connectivity index (χ1v) is 4.79. The highest BCUT2D eigenvalue weighted by atomic mass is 19.4. The van der Waals surface area contributed by atoms with E-state index in [-0.39, 0.29) is 5.56 Å². The van der Waals surface area contributed by atoms with Gasteiger partial charge in [-0.25, -0.2) is 4.39 Å². The first-order valence-electron chi connectivity index (χ1n) is 4.79.